The summed E-state index contributed by atoms with van der Waals surface area (Å²) < 4.78 is 1.68. The first-order chi connectivity index (χ1) is 15.8. The number of benzene rings is 1. The lowest BCUT2D eigenvalue weighted by Gasteiger charge is -2.31. The minimum absolute atomic E-state index is 0.0271. The molecule has 1 saturated heterocycles. The fourth-order valence-corrected chi connectivity index (χ4v) is 4.84. The van der Waals surface area contributed by atoms with Gasteiger partial charge >= 0.3 is 0 Å². The lowest BCUT2D eigenvalue weighted by Crippen LogP contribution is -2.40. The van der Waals surface area contributed by atoms with E-state index >= 15 is 0 Å². The molecule has 7 heteroatoms. The van der Waals surface area contributed by atoms with E-state index in [0.717, 1.165) is 33.6 Å². The van der Waals surface area contributed by atoms with Crippen LogP contribution in [-0.2, 0) is 11.2 Å². The highest BCUT2D eigenvalue weighted by molar-refractivity contribution is 5.99. The number of Topliss-reactive ketones (excluding diaryl/α,β-unsaturated/α-hetero) is 1. The Morgan fingerprint density at radius 1 is 1.15 bits per heavy atom. The molecule has 0 bridgehead atoms. The zero-order valence-electron chi connectivity index (χ0n) is 19.7. The van der Waals surface area contributed by atoms with Crippen molar-refractivity contribution in [2.45, 2.75) is 53.4 Å². The summed E-state index contributed by atoms with van der Waals surface area (Å²) in [5.74, 6) is 0.270. The maximum Gasteiger partial charge on any atom is 0.222 e. The molecule has 3 heterocycles. The van der Waals surface area contributed by atoms with Gasteiger partial charge in [-0.15, -0.1) is 0 Å². The first kappa shape index (κ1) is 22.7. The van der Waals surface area contributed by atoms with Gasteiger partial charge in [-0.05, 0) is 58.1 Å². The summed E-state index contributed by atoms with van der Waals surface area (Å²) in [5, 5.41) is 13.5. The van der Waals surface area contributed by atoms with Gasteiger partial charge in [0.25, 0.3) is 0 Å². The normalized spacial score (nSPS) is 14.5. The number of fused-ring (bicyclic) bond motifs is 1. The molecule has 0 saturated carbocycles. The predicted octanol–water partition coefficient (Wildman–Crippen LogP) is 3.89. The van der Waals surface area contributed by atoms with Crippen LogP contribution in [0.25, 0.3) is 5.65 Å². The Morgan fingerprint density at radius 2 is 1.88 bits per heavy atom. The summed E-state index contributed by atoms with van der Waals surface area (Å²) in [4.78, 5) is 32.3. The molecule has 0 unspecified atom stereocenters. The van der Waals surface area contributed by atoms with E-state index in [1.54, 1.807) is 4.52 Å². The van der Waals surface area contributed by atoms with Crippen molar-refractivity contribution in [1.29, 1.82) is 5.26 Å². The van der Waals surface area contributed by atoms with Gasteiger partial charge in [-0.25, -0.2) is 9.50 Å². The summed E-state index contributed by atoms with van der Waals surface area (Å²) in [7, 11) is 0. The van der Waals surface area contributed by atoms with Crippen molar-refractivity contribution in [3.63, 3.8) is 0 Å². The van der Waals surface area contributed by atoms with E-state index < -0.39 is 0 Å². The van der Waals surface area contributed by atoms with Gasteiger partial charge in [0.05, 0.1) is 6.20 Å². The third kappa shape index (κ3) is 4.38. The van der Waals surface area contributed by atoms with Crippen molar-refractivity contribution in [3.8, 4) is 6.07 Å². The van der Waals surface area contributed by atoms with Gasteiger partial charge in [0.2, 0.25) is 5.91 Å². The second-order valence-electron chi connectivity index (χ2n) is 9.00. The van der Waals surface area contributed by atoms with Gasteiger partial charge in [0, 0.05) is 42.4 Å². The van der Waals surface area contributed by atoms with Crippen LogP contribution in [0.2, 0.25) is 0 Å². The quantitative estimate of drug-likeness (QED) is 0.558. The molecule has 0 N–H and O–H groups in total. The average Bonchev–Trinajstić information content (AvgIpc) is 3.21. The van der Waals surface area contributed by atoms with Gasteiger partial charge in [-0.2, -0.15) is 10.4 Å². The molecule has 3 aromatic rings. The molecule has 0 aliphatic carbocycles. The summed E-state index contributed by atoms with van der Waals surface area (Å²) >= 11 is 0. The number of likely N-dealkylation sites (tertiary alicyclic amines) is 1. The van der Waals surface area contributed by atoms with Crippen LogP contribution in [0, 0.1) is 44.9 Å². The number of aromatic nitrogens is 3. The first-order valence-corrected chi connectivity index (χ1v) is 11.4. The highest BCUT2D eigenvalue weighted by Gasteiger charge is 2.28. The zero-order chi connectivity index (χ0) is 23.7. The minimum Gasteiger partial charge on any atom is -0.343 e. The molecule has 2 aromatic heterocycles. The van der Waals surface area contributed by atoms with Crippen LogP contribution in [-0.4, -0.2) is 44.3 Å². The summed E-state index contributed by atoms with van der Waals surface area (Å²) in [6.45, 7) is 9.09. The van der Waals surface area contributed by atoms with Crippen molar-refractivity contribution in [1.82, 2.24) is 19.5 Å². The van der Waals surface area contributed by atoms with Crippen molar-refractivity contribution < 1.29 is 9.59 Å². The van der Waals surface area contributed by atoms with E-state index in [0.29, 0.717) is 50.0 Å². The molecule has 0 radical (unpaired) electrons. The number of ketones is 1. The van der Waals surface area contributed by atoms with E-state index in [1.807, 2.05) is 50.8 Å². The number of piperidine rings is 1. The van der Waals surface area contributed by atoms with Crippen molar-refractivity contribution in [3.05, 3.63) is 63.6 Å². The number of aryl methyl sites for hydroxylation is 4. The number of nitrogens with zero attached hydrogens (tertiary/aromatic N) is 5. The molecule has 0 spiro atoms. The molecule has 1 amide bonds. The van der Waals surface area contributed by atoms with Crippen LogP contribution in [0.15, 0.2) is 24.4 Å². The molecule has 1 fully saturated rings. The SMILES string of the molecule is Cc1ccc(C(=O)C2CCN(C(=O)CCc3c(C)nc4c(C#N)cnn4c3C)CC2)c(C)c1. The maximum absolute atomic E-state index is 13.0. The second kappa shape index (κ2) is 9.14. The van der Waals surface area contributed by atoms with Gasteiger partial charge in [-0.1, -0.05) is 23.8 Å². The Kier molecular flexibility index (Phi) is 6.28. The van der Waals surface area contributed by atoms with E-state index in [4.69, 9.17) is 0 Å². The predicted molar refractivity (Wildman–Crippen MR) is 125 cm³/mol. The number of nitriles is 1. The van der Waals surface area contributed by atoms with Crippen LogP contribution in [0.1, 0.15) is 63.3 Å². The molecule has 0 atom stereocenters. The van der Waals surface area contributed by atoms with Gasteiger partial charge in [-0.3, -0.25) is 9.59 Å². The molecule has 33 heavy (non-hydrogen) atoms. The lowest BCUT2D eigenvalue weighted by atomic mass is 9.87. The second-order valence-corrected chi connectivity index (χ2v) is 9.00. The molecule has 4 rings (SSSR count). The highest BCUT2D eigenvalue weighted by atomic mass is 16.2. The number of amides is 1. The smallest absolute Gasteiger partial charge is 0.222 e. The largest absolute Gasteiger partial charge is 0.343 e. The van der Waals surface area contributed by atoms with Crippen molar-refractivity contribution in [2.75, 3.05) is 13.1 Å². The highest BCUT2D eigenvalue weighted by Crippen LogP contribution is 2.25. The third-order valence-electron chi connectivity index (χ3n) is 6.78. The summed E-state index contributed by atoms with van der Waals surface area (Å²) in [5.41, 5.74) is 6.70. The summed E-state index contributed by atoms with van der Waals surface area (Å²) in [6, 6.07) is 8.08. The van der Waals surface area contributed by atoms with Crippen LogP contribution in [0.3, 0.4) is 0 Å². The fourth-order valence-electron chi connectivity index (χ4n) is 4.84. The van der Waals surface area contributed by atoms with E-state index in [2.05, 4.69) is 16.2 Å². The monoisotopic (exact) mass is 443 g/mol. The Hall–Kier alpha value is -3.53. The standard InChI is InChI=1S/C26H29N5O2/c1-16-5-6-22(17(2)13-16)25(33)20-9-11-30(12-10-20)24(32)8-7-23-18(3)29-26-21(14-27)15-28-31(26)19(23)4/h5-6,13,15,20H,7-12H2,1-4H3. The average molecular weight is 444 g/mol. The topological polar surface area (TPSA) is 91.4 Å². The van der Waals surface area contributed by atoms with Crippen LogP contribution in [0.4, 0.5) is 0 Å². The Labute approximate surface area is 194 Å². The molecular weight excluding hydrogens is 414 g/mol. The molecule has 1 aliphatic rings. The molecular formula is C26H29N5O2. The van der Waals surface area contributed by atoms with E-state index in [-0.39, 0.29) is 17.6 Å². The van der Waals surface area contributed by atoms with Gasteiger partial charge in [0.1, 0.15) is 11.6 Å². The van der Waals surface area contributed by atoms with E-state index in [9.17, 15) is 14.9 Å². The number of hydrogen-bond donors (Lipinski definition) is 0. The third-order valence-corrected chi connectivity index (χ3v) is 6.78. The number of hydrogen-bond acceptors (Lipinski definition) is 5. The van der Waals surface area contributed by atoms with Crippen LogP contribution in [0.5, 0.6) is 0 Å². The van der Waals surface area contributed by atoms with Gasteiger partial charge in [0.15, 0.2) is 11.4 Å². The van der Waals surface area contributed by atoms with Crippen molar-refractivity contribution >= 4 is 17.3 Å². The van der Waals surface area contributed by atoms with Crippen LogP contribution < -0.4 is 0 Å². The maximum atomic E-state index is 13.0. The fraction of sp³-hybridized carbons (Fsp3) is 0.423. The Bertz CT molecular complexity index is 1280. The minimum atomic E-state index is -0.0271. The number of rotatable bonds is 5. The lowest BCUT2D eigenvalue weighted by molar-refractivity contribution is -0.132. The number of carbonyl (C=O) groups is 2. The Balaban J connectivity index is 1.37. The Morgan fingerprint density at radius 3 is 2.55 bits per heavy atom. The van der Waals surface area contributed by atoms with Crippen LogP contribution >= 0.6 is 0 Å². The molecule has 7 nitrogen and oxygen atoms in total. The van der Waals surface area contributed by atoms with Crippen molar-refractivity contribution in [2.24, 2.45) is 5.92 Å². The zero-order valence-corrected chi connectivity index (χ0v) is 19.7. The molecule has 170 valence electrons. The number of carbonyl (C=O) groups excluding carboxylic acids is 2. The first-order valence-electron chi connectivity index (χ1n) is 11.4. The molecule has 1 aliphatic heterocycles. The molecule has 1 aromatic carbocycles. The van der Waals surface area contributed by atoms with E-state index in [1.165, 1.54) is 6.20 Å². The van der Waals surface area contributed by atoms with Gasteiger partial charge < -0.3 is 4.90 Å². The summed E-state index contributed by atoms with van der Waals surface area (Å²) in [6.07, 6.45) is 3.88.